The molecule has 0 saturated carbocycles. The number of hydrogen-bond acceptors (Lipinski definition) is 5. The predicted octanol–water partition coefficient (Wildman–Crippen LogP) is 1.00. The second-order valence-electron chi connectivity index (χ2n) is 6.40. The second-order valence-corrected chi connectivity index (χ2v) is 8.84. The molecule has 0 aliphatic carbocycles. The van der Waals surface area contributed by atoms with Crippen molar-refractivity contribution in [3.05, 3.63) is 70.1 Å². The molecule has 0 bridgehead atoms. The summed E-state index contributed by atoms with van der Waals surface area (Å²) in [6.07, 6.45) is 2.36. The van der Waals surface area contributed by atoms with Crippen molar-refractivity contribution in [1.82, 2.24) is 4.57 Å². The number of carbonyl (C=O) groups is 1. The Morgan fingerprint density at radius 2 is 1.78 bits per heavy atom. The number of carbonyl (C=O) groups excluding carboxylic acids is 1. The van der Waals surface area contributed by atoms with Gasteiger partial charge in [-0.25, -0.2) is 8.42 Å². The lowest BCUT2D eigenvalue weighted by atomic mass is 10.0. The van der Waals surface area contributed by atoms with Crippen molar-refractivity contribution in [3.8, 4) is 11.8 Å². The summed E-state index contributed by atoms with van der Waals surface area (Å²) < 4.78 is 23.6. The van der Waals surface area contributed by atoms with E-state index in [1.807, 2.05) is 30.3 Å². The van der Waals surface area contributed by atoms with Gasteiger partial charge in [-0.2, -0.15) is 0 Å². The van der Waals surface area contributed by atoms with E-state index in [0.29, 0.717) is 5.56 Å². The maximum Gasteiger partial charge on any atom is 0.251 e. The molecule has 6 nitrogen and oxygen atoms in total. The van der Waals surface area contributed by atoms with Crippen LogP contribution in [0.25, 0.3) is 0 Å². The highest BCUT2D eigenvalue weighted by atomic mass is 32.2. The van der Waals surface area contributed by atoms with Gasteiger partial charge in [-0.1, -0.05) is 30.0 Å². The highest BCUT2D eigenvalue weighted by Crippen LogP contribution is 2.22. The summed E-state index contributed by atoms with van der Waals surface area (Å²) in [4.78, 5) is 24.2. The van der Waals surface area contributed by atoms with E-state index >= 15 is 0 Å². The van der Waals surface area contributed by atoms with Crippen molar-refractivity contribution in [1.29, 1.82) is 0 Å². The summed E-state index contributed by atoms with van der Waals surface area (Å²) >= 11 is 0. The third-order valence-electron chi connectivity index (χ3n) is 4.50. The van der Waals surface area contributed by atoms with Gasteiger partial charge in [0.15, 0.2) is 15.6 Å². The molecule has 0 fully saturated rings. The van der Waals surface area contributed by atoms with Crippen molar-refractivity contribution < 1.29 is 18.3 Å². The Labute approximate surface area is 158 Å². The van der Waals surface area contributed by atoms with E-state index in [1.54, 1.807) is 6.07 Å². The fourth-order valence-corrected chi connectivity index (χ4v) is 3.41. The van der Waals surface area contributed by atoms with Crippen LogP contribution in [0, 0.1) is 11.8 Å². The summed E-state index contributed by atoms with van der Waals surface area (Å²) in [5.41, 5.74) is 1.02. The molecule has 1 atom stereocenters. The maximum atomic E-state index is 12.3. The molecule has 1 N–H and O–H groups in total. The predicted molar refractivity (Wildman–Crippen MR) is 103 cm³/mol. The molecule has 0 radical (unpaired) electrons. The number of pyridine rings is 1. The maximum absolute atomic E-state index is 12.3. The fraction of sp³-hybridized carbons (Fsp3) is 0.300. The van der Waals surface area contributed by atoms with Crippen LogP contribution in [0.1, 0.15) is 24.5 Å². The quantitative estimate of drug-likeness (QED) is 0.747. The Bertz CT molecular complexity index is 1050. The van der Waals surface area contributed by atoms with Crippen LogP contribution >= 0.6 is 0 Å². The number of aromatic nitrogens is 1. The molecule has 2 aromatic rings. The molecular formula is C20H21NO5S. The molecule has 0 spiro atoms. The minimum absolute atomic E-state index is 0.0283. The zero-order chi connectivity index (χ0) is 20.1. The Hall–Kier alpha value is -2.69. The Balaban J connectivity index is 2.20. The summed E-state index contributed by atoms with van der Waals surface area (Å²) in [5.74, 6) is 5.07. The van der Waals surface area contributed by atoms with Gasteiger partial charge >= 0.3 is 0 Å². The Kier molecular flexibility index (Phi) is 6.37. The van der Waals surface area contributed by atoms with Crippen molar-refractivity contribution in [3.63, 3.8) is 0 Å². The number of nitrogens with zero attached hydrogens (tertiary/aromatic N) is 1. The largest absolute Gasteiger partial charge is 0.389 e. The van der Waals surface area contributed by atoms with E-state index in [1.165, 1.54) is 23.8 Å². The zero-order valence-electron chi connectivity index (χ0n) is 15.2. The standard InChI is InChI=1S/C20H21NO5S/c1-20(18(23)15-22,27(2,25)26)11-13-21-12-10-17(14-19(21)24)9-8-16-6-4-3-5-7-16/h3-7,10,12,14,22H,11,13,15H2,1-2H3. The highest BCUT2D eigenvalue weighted by molar-refractivity contribution is 7.92. The lowest BCUT2D eigenvalue weighted by molar-refractivity contribution is -0.124. The topological polar surface area (TPSA) is 93.4 Å². The summed E-state index contributed by atoms with van der Waals surface area (Å²) in [7, 11) is -3.75. The summed E-state index contributed by atoms with van der Waals surface area (Å²) in [5, 5.41) is 9.08. The molecule has 27 heavy (non-hydrogen) atoms. The molecule has 1 aromatic heterocycles. The number of aryl methyl sites for hydroxylation is 1. The number of aliphatic hydroxyl groups excluding tert-OH is 1. The van der Waals surface area contributed by atoms with Crippen molar-refractivity contribution in [2.45, 2.75) is 24.6 Å². The van der Waals surface area contributed by atoms with Crippen molar-refractivity contribution in [2.24, 2.45) is 0 Å². The SMILES string of the molecule is CC(CCn1ccc(C#Cc2ccccc2)cc1=O)(C(=O)CO)S(C)(=O)=O. The lowest BCUT2D eigenvalue weighted by Crippen LogP contribution is -2.46. The van der Waals surface area contributed by atoms with E-state index < -0.39 is 27.0 Å². The van der Waals surface area contributed by atoms with Gasteiger partial charge in [-0.3, -0.25) is 9.59 Å². The van der Waals surface area contributed by atoms with Gasteiger partial charge in [0.2, 0.25) is 0 Å². The average Bonchev–Trinajstić information content (AvgIpc) is 2.64. The van der Waals surface area contributed by atoms with E-state index in [2.05, 4.69) is 11.8 Å². The van der Waals surface area contributed by atoms with Crippen LogP contribution in [0.3, 0.4) is 0 Å². The van der Waals surface area contributed by atoms with Crippen LogP contribution in [-0.2, 0) is 21.2 Å². The van der Waals surface area contributed by atoms with E-state index in [-0.39, 0.29) is 18.5 Å². The van der Waals surface area contributed by atoms with Gasteiger partial charge in [0.05, 0.1) is 0 Å². The van der Waals surface area contributed by atoms with Crippen LogP contribution in [0.2, 0.25) is 0 Å². The first-order chi connectivity index (χ1) is 12.7. The molecule has 1 unspecified atom stereocenters. The van der Waals surface area contributed by atoms with E-state index in [0.717, 1.165) is 11.8 Å². The molecule has 1 aromatic carbocycles. The minimum atomic E-state index is -3.75. The van der Waals surface area contributed by atoms with Gasteiger partial charge in [0.25, 0.3) is 5.56 Å². The molecule has 0 aliphatic rings. The molecule has 142 valence electrons. The van der Waals surface area contributed by atoms with Crippen LogP contribution < -0.4 is 5.56 Å². The molecular weight excluding hydrogens is 366 g/mol. The zero-order valence-corrected chi connectivity index (χ0v) is 16.0. The first-order valence-corrected chi connectivity index (χ1v) is 10.2. The number of ketones is 1. The van der Waals surface area contributed by atoms with Crippen LogP contribution in [0.5, 0.6) is 0 Å². The molecule has 0 aliphatic heterocycles. The van der Waals surface area contributed by atoms with Crippen LogP contribution in [0.4, 0.5) is 0 Å². The van der Waals surface area contributed by atoms with Crippen molar-refractivity contribution >= 4 is 15.6 Å². The Morgan fingerprint density at radius 1 is 1.15 bits per heavy atom. The first-order valence-electron chi connectivity index (χ1n) is 8.29. The third-order valence-corrected chi connectivity index (χ3v) is 6.57. The number of sulfone groups is 1. The summed E-state index contributed by atoms with van der Waals surface area (Å²) in [6.45, 7) is 0.429. The van der Waals surface area contributed by atoms with Gasteiger partial charge in [0.1, 0.15) is 11.4 Å². The molecule has 7 heteroatoms. The first kappa shape index (κ1) is 20.6. The smallest absolute Gasteiger partial charge is 0.251 e. The molecule has 0 saturated heterocycles. The monoisotopic (exact) mass is 387 g/mol. The van der Waals surface area contributed by atoms with Gasteiger partial charge < -0.3 is 9.67 Å². The summed E-state index contributed by atoms with van der Waals surface area (Å²) in [6, 6.07) is 12.4. The second kappa shape index (κ2) is 8.33. The van der Waals surface area contributed by atoms with Gasteiger partial charge in [-0.15, -0.1) is 0 Å². The molecule has 2 rings (SSSR count). The van der Waals surface area contributed by atoms with Crippen LogP contribution in [-0.4, -0.2) is 41.5 Å². The van der Waals surface area contributed by atoms with E-state index in [9.17, 15) is 18.0 Å². The number of Topliss-reactive ketones (excluding diaryl/α,β-unsaturated/α-hetero) is 1. The minimum Gasteiger partial charge on any atom is -0.389 e. The van der Waals surface area contributed by atoms with E-state index in [4.69, 9.17) is 5.11 Å². The molecule has 1 heterocycles. The Morgan fingerprint density at radius 3 is 2.33 bits per heavy atom. The van der Waals surface area contributed by atoms with Crippen molar-refractivity contribution in [2.75, 3.05) is 12.9 Å². The van der Waals surface area contributed by atoms with Gasteiger partial charge in [0, 0.05) is 36.2 Å². The molecule has 0 amide bonds. The number of aliphatic hydroxyl groups is 1. The van der Waals surface area contributed by atoms with Crippen LogP contribution in [0.15, 0.2) is 53.5 Å². The number of hydrogen-bond donors (Lipinski definition) is 1. The lowest BCUT2D eigenvalue weighted by Gasteiger charge is -2.25. The number of rotatable bonds is 6. The fourth-order valence-electron chi connectivity index (χ4n) is 2.47. The van der Waals surface area contributed by atoms with Gasteiger partial charge in [-0.05, 0) is 31.5 Å². The highest BCUT2D eigenvalue weighted by Gasteiger charge is 2.42. The average molecular weight is 387 g/mol. The third kappa shape index (κ3) is 4.94. The number of benzene rings is 1. The normalized spacial score (nSPS) is 13.3.